The predicted octanol–water partition coefficient (Wildman–Crippen LogP) is 1.08. The maximum absolute atomic E-state index is 10.7. The Balaban J connectivity index is 3.64. The SMILES string of the molecule is CC(O)C(=O)OCC(C)(C)Br. The Kier molecular flexibility index (Phi) is 4.03. The normalized spacial score (nSPS) is 14.3. The van der Waals surface area contributed by atoms with Crippen molar-refractivity contribution < 1.29 is 14.6 Å². The summed E-state index contributed by atoms with van der Waals surface area (Å²) in [5.41, 5.74) is 0. The highest BCUT2D eigenvalue weighted by Crippen LogP contribution is 2.15. The van der Waals surface area contributed by atoms with E-state index in [1.807, 2.05) is 13.8 Å². The van der Waals surface area contributed by atoms with E-state index in [-0.39, 0.29) is 10.9 Å². The molecular formula is C7H13BrO3. The Labute approximate surface area is 74.9 Å². The van der Waals surface area contributed by atoms with Crippen LogP contribution in [0, 0.1) is 0 Å². The average molecular weight is 225 g/mol. The second-order valence-electron chi connectivity index (χ2n) is 3.00. The quantitative estimate of drug-likeness (QED) is 0.577. The van der Waals surface area contributed by atoms with Crippen molar-refractivity contribution in [2.45, 2.75) is 31.2 Å². The number of halogens is 1. The first-order valence-electron chi connectivity index (χ1n) is 3.36. The molecule has 0 saturated heterocycles. The molecule has 0 spiro atoms. The fraction of sp³-hybridized carbons (Fsp3) is 0.857. The van der Waals surface area contributed by atoms with Crippen molar-refractivity contribution in [2.75, 3.05) is 6.61 Å². The lowest BCUT2D eigenvalue weighted by molar-refractivity contribution is -0.153. The van der Waals surface area contributed by atoms with E-state index in [1.165, 1.54) is 6.92 Å². The van der Waals surface area contributed by atoms with Gasteiger partial charge in [-0.25, -0.2) is 4.79 Å². The molecule has 11 heavy (non-hydrogen) atoms. The molecule has 0 aliphatic carbocycles. The molecule has 0 fully saturated rings. The smallest absolute Gasteiger partial charge is 0.334 e. The number of alkyl halides is 1. The maximum atomic E-state index is 10.7. The number of ether oxygens (including phenoxy) is 1. The first-order valence-corrected chi connectivity index (χ1v) is 4.16. The summed E-state index contributed by atoms with van der Waals surface area (Å²) >= 11 is 3.30. The molecule has 0 aromatic carbocycles. The van der Waals surface area contributed by atoms with Crippen LogP contribution in [0.15, 0.2) is 0 Å². The Bertz CT molecular complexity index is 137. The predicted molar refractivity (Wildman–Crippen MR) is 45.6 cm³/mol. The van der Waals surface area contributed by atoms with E-state index in [9.17, 15) is 4.79 Å². The third-order valence-electron chi connectivity index (χ3n) is 0.899. The van der Waals surface area contributed by atoms with Gasteiger partial charge in [-0.15, -0.1) is 0 Å². The molecule has 0 aliphatic heterocycles. The largest absolute Gasteiger partial charge is 0.462 e. The molecule has 1 N–H and O–H groups in total. The topological polar surface area (TPSA) is 46.5 Å². The lowest BCUT2D eigenvalue weighted by Crippen LogP contribution is -2.26. The van der Waals surface area contributed by atoms with Crippen molar-refractivity contribution in [3.05, 3.63) is 0 Å². The van der Waals surface area contributed by atoms with Gasteiger partial charge in [0.2, 0.25) is 0 Å². The van der Waals surface area contributed by atoms with Gasteiger partial charge in [0.25, 0.3) is 0 Å². The monoisotopic (exact) mass is 224 g/mol. The zero-order valence-corrected chi connectivity index (χ0v) is 8.51. The number of hydrogen-bond donors (Lipinski definition) is 1. The van der Waals surface area contributed by atoms with Gasteiger partial charge in [0.1, 0.15) is 12.7 Å². The summed E-state index contributed by atoms with van der Waals surface area (Å²) in [6.45, 7) is 5.39. The number of aliphatic hydroxyl groups is 1. The second kappa shape index (κ2) is 4.07. The van der Waals surface area contributed by atoms with E-state index in [0.29, 0.717) is 0 Å². The van der Waals surface area contributed by atoms with Crippen molar-refractivity contribution in [1.82, 2.24) is 0 Å². The van der Waals surface area contributed by atoms with Gasteiger partial charge < -0.3 is 9.84 Å². The lowest BCUT2D eigenvalue weighted by Gasteiger charge is -2.16. The summed E-state index contributed by atoms with van der Waals surface area (Å²) < 4.78 is 4.51. The minimum Gasteiger partial charge on any atom is -0.462 e. The van der Waals surface area contributed by atoms with Crippen LogP contribution in [0.1, 0.15) is 20.8 Å². The van der Waals surface area contributed by atoms with Crippen LogP contribution in [-0.2, 0) is 9.53 Å². The zero-order chi connectivity index (χ0) is 9.07. The van der Waals surface area contributed by atoms with Gasteiger partial charge in [0.05, 0.1) is 4.32 Å². The van der Waals surface area contributed by atoms with Gasteiger partial charge in [0.15, 0.2) is 0 Å². The number of rotatable bonds is 3. The van der Waals surface area contributed by atoms with Gasteiger partial charge in [-0.1, -0.05) is 15.9 Å². The van der Waals surface area contributed by atoms with Crippen LogP contribution in [0.3, 0.4) is 0 Å². The maximum Gasteiger partial charge on any atom is 0.334 e. The minimum atomic E-state index is -1.04. The van der Waals surface area contributed by atoms with Crippen LogP contribution in [0.2, 0.25) is 0 Å². The van der Waals surface area contributed by atoms with Crippen molar-refractivity contribution in [2.24, 2.45) is 0 Å². The molecule has 0 heterocycles. The van der Waals surface area contributed by atoms with Crippen LogP contribution in [-0.4, -0.2) is 28.1 Å². The summed E-state index contributed by atoms with van der Waals surface area (Å²) in [5.74, 6) is -0.586. The zero-order valence-electron chi connectivity index (χ0n) is 6.93. The van der Waals surface area contributed by atoms with E-state index >= 15 is 0 Å². The van der Waals surface area contributed by atoms with Crippen LogP contribution in [0.5, 0.6) is 0 Å². The molecule has 0 radical (unpaired) electrons. The summed E-state index contributed by atoms with van der Waals surface area (Å²) in [5, 5.41) is 8.73. The molecule has 0 bridgehead atoms. The second-order valence-corrected chi connectivity index (χ2v) is 5.15. The van der Waals surface area contributed by atoms with Gasteiger partial charge in [0, 0.05) is 0 Å². The highest BCUT2D eigenvalue weighted by atomic mass is 79.9. The molecule has 0 saturated carbocycles. The molecule has 4 heteroatoms. The highest BCUT2D eigenvalue weighted by Gasteiger charge is 2.17. The molecule has 3 nitrogen and oxygen atoms in total. The molecule has 66 valence electrons. The third-order valence-corrected chi connectivity index (χ3v) is 1.13. The molecule has 0 aliphatic rings. The fourth-order valence-corrected chi connectivity index (χ4v) is 0.478. The van der Waals surface area contributed by atoms with Crippen molar-refractivity contribution >= 4 is 21.9 Å². The molecular weight excluding hydrogens is 212 g/mol. The van der Waals surface area contributed by atoms with Gasteiger partial charge in [-0.3, -0.25) is 0 Å². The van der Waals surface area contributed by atoms with Gasteiger partial charge in [-0.2, -0.15) is 0 Å². The van der Waals surface area contributed by atoms with Crippen LogP contribution < -0.4 is 0 Å². The Hall–Kier alpha value is -0.0900. The standard InChI is InChI=1S/C7H13BrO3/c1-5(9)6(10)11-4-7(2,3)8/h5,9H,4H2,1-3H3. The first-order chi connectivity index (χ1) is 4.83. The van der Waals surface area contributed by atoms with Crippen molar-refractivity contribution in [3.8, 4) is 0 Å². The van der Waals surface area contributed by atoms with Crippen LogP contribution in [0.4, 0.5) is 0 Å². The van der Waals surface area contributed by atoms with Crippen LogP contribution in [0.25, 0.3) is 0 Å². The average Bonchev–Trinajstić information content (AvgIpc) is 1.80. The minimum absolute atomic E-state index is 0.225. The molecule has 0 aromatic heterocycles. The highest BCUT2D eigenvalue weighted by molar-refractivity contribution is 9.10. The van der Waals surface area contributed by atoms with Gasteiger partial charge in [-0.05, 0) is 20.8 Å². The number of esters is 1. The van der Waals surface area contributed by atoms with E-state index in [2.05, 4.69) is 15.9 Å². The van der Waals surface area contributed by atoms with E-state index in [1.54, 1.807) is 0 Å². The summed E-state index contributed by atoms with van der Waals surface area (Å²) in [7, 11) is 0. The van der Waals surface area contributed by atoms with E-state index < -0.39 is 12.1 Å². The fourth-order valence-electron chi connectivity index (χ4n) is 0.363. The Morgan fingerprint density at radius 2 is 2.18 bits per heavy atom. The number of carbonyl (C=O) groups is 1. The molecule has 0 amide bonds. The number of carbonyl (C=O) groups excluding carboxylic acids is 1. The number of hydrogen-bond acceptors (Lipinski definition) is 3. The van der Waals surface area contributed by atoms with Gasteiger partial charge >= 0.3 is 5.97 Å². The number of aliphatic hydroxyl groups excluding tert-OH is 1. The summed E-state index contributed by atoms with van der Waals surface area (Å²) in [6.07, 6.45) is -1.04. The first kappa shape index (κ1) is 10.9. The van der Waals surface area contributed by atoms with E-state index in [4.69, 9.17) is 9.84 Å². The van der Waals surface area contributed by atoms with E-state index in [0.717, 1.165) is 0 Å². The molecule has 0 rings (SSSR count). The molecule has 1 unspecified atom stereocenters. The Morgan fingerprint density at radius 1 is 1.73 bits per heavy atom. The lowest BCUT2D eigenvalue weighted by atomic mass is 10.2. The molecule has 0 aromatic rings. The summed E-state index contributed by atoms with van der Waals surface area (Å²) in [4.78, 5) is 10.7. The van der Waals surface area contributed by atoms with Crippen molar-refractivity contribution in [1.29, 1.82) is 0 Å². The summed E-state index contributed by atoms with van der Waals surface area (Å²) in [6, 6.07) is 0. The van der Waals surface area contributed by atoms with Crippen molar-refractivity contribution in [3.63, 3.8) is 0 Å². The Morgan fingerprint density at radius 3 is 2.45 bits per heavy atom. The third kappa shape index (κ3) is 6.31. The molecule has 1 atom stereocenters. The van der Waals surface area contributed by atoms with Crippen LogP contribution >= 0.6 is 15.9 Å².